The van der Waals surface area contributed by atoms with Crippen LogP contribution in [0.15, 0.2) is 24.3 Å². The fourth-order valence-corrected chi connectivity index (χ4v) is 4.98. The lowest BCUT2D eigenvalue weighted by molar-refractivity contribution is -0.157. The third kappa shape index (κ3) is 3.52. The first-order valence-corrected chi connectivity index (χ1v) is 10.5. The molecule has 2 amide bonds. The molecule has 0 aromatic rings. The van der Waals surface area contributed by atoms with Crippen molar-refractivity contribution in [1.29, 1.82) is 0 Å². The Morgan fingerprint density at radius 2 is 1.20 bits per heavy atom. The summed E-state index contributed by atoms with van der Waals surface area (Å²) in [7, 11) is 0. The zero-order valence-corrected chi connectivity index (χ0v) is 17.8. The summed E-state index contributed by atoms with van der Waals surface area (Å²) in [5.74, 6) is -0.451. The number of esters is 2. The van der Waals surface area contributed by atoms with E-state index in [1.54, 1.807) is 23.6 Å². The molecular formula is C22H30N2O6. The van der Waals surface area contributed by atoms with Gasteiger partial charge in [0.15, 0.2) is 0 Å². The van der Waals surface area contributed by atoms with Gasteiger partial charge in [-0.05, 0) is 26.7 Å². The Balaban J connectivity index is 0.000000171. The molecule has 30 heavy (non-hydrogen) atoms. The van der Waals surface area contributed by atoms with Gasteiger partial charge in [-0.2, -0.15) is 0 Å². The Kier molecular flexibility index (Phi) is 6.06. The van der Waals surface area contributed by atoms with Crippen molar-refractivity contribution in [1.82, 2.24) is 9.80 Å². The molecule has 0 radical (unpaired) electrons. The van der Waals surface area contributed by atoms with Crippen LogP contribution in [0.4, 0.5) is 0 Å². The molecule has 0 aliphatic carbocycles. The van der Waals surface area contributed by atoms with Crippen molar-refractivity contribution in [2.75, 3.05) is 26.3 Å². The highest BCUT2D eigenvalue weighted by atomic mass is 16.5. The number of amides is 2. The van der Waals surface area contributed by atoms with Crippen molar-refractivity contribution in [2.24, 2.45) is 0 Å². The molecule has 0 saturated carbocycles. The quantitative estimate of drug-likeness (QED) is 0.510. The summed E-state index contributed by atoms with van der Waals surface area (Å²) >= 11 is 0. The predicted octanol–water partition coefficient (Wildman–Crippen LogP) is 1.74. The molecule has 0 spiro atoms. The molecule has 0 N–H and O–H groups in total. The van der Waals surface area contributed by atoms with Crippen molar-refractivity contribution in [3.05, 3.63) is 24.3 Å². The lowest BCUT2D eigenvalue weighted by atomic mass is 9.93. The van der Waals surface area contributed by atoms with E-state index in [1.807, 2.05) is 0 Å². The highest BCUT2D eigenvalue weighted by Crippen LogP contribution is 2.43. The van der Waals surface area contributed by atoms with Crippen molar-refractivity contribution in [3.63, 3.8) is 0 Å². The first-order valence-electron chi connectivity index (χ1n) is 10.5. The maximum absolute atomic E-state index is 11.9. The highest BCUT2D eigenvalue weighted by Gasteiger charge is 2.56. The average molecular weight is 418 g/mol. The molecular weight excluding hydrogens is 388 g/mol. The van der Waals surface area contributed by atoms with Crippen molar-refractivity contribution >= 4 is 23.8 Å². The second-order valence-electron chi connectivity index (χ2n) is 8.32. The van der Waals surface area contributed by atoms with Crippen LogP contribution in [0.3, 0.4) is 0 Å². The average Bonchev–Trinajstić information content (AvgIpc) is 3.39. The summed E-state index contributed by atoms with van der Waals surface area (Å²) < 4.78 is 10.1. The van der Waals surface area contributed by atoms with Crippen LogP contribution in [-0.4, -0.2) is 70.9 Å². The van der Waals surface area contributed by atoms with E-state index in [4.69, 9.17) is 9.47 Å². The van der Waals surface area contributed by atoms with E-state index >= 15 is 0 Å². The number of fused-ring (bicyclic) bond motifs is 2. The van der Waals surface area contributed by atoms with Gasteiger partial charge in [0.1, 0.15) is 11.1 Å². The minimum Gasteiger partial charge on any atom is -0.464 e. The van der Waals surface area contributed by atoms with E-state index in [0.717, 1.165) is 11.1 Å². The van der Waals surface area contributed by atoms with E-state index in [2.05, 4.69) is 13.2 Å². The number of hydrogen-bond acceptors (Lipinski definition) is 6. The topological polar surface area (TPSA) is 93.2 Å². The molecule has 0 aromatic heterocycles. The number of nitrogens with zero attached hydrogens (tertiary/aromatic N) is 2. The molecule has 4 rings (SSSR count). The number of carbonyl (C=O) groups is 4. The van der Waals surface area contributed by atoms with Gasteiger partial charge in [0, 0.05) is 38.8 Å². The van der Waals surface area contributed by atoms with Crippen LogP contribution in [0.5, 0.6) is 0 Å². The Bertz CT molecular complexity index is 739. The summed E-state index contributed by atoms with van der Waals surface area (Å²) in [6.07, 6.45) is 3.18. The van der Waals surface area contributed by atoms with Crippen LogP contribution in [0.2, 0.25) is 0 Å². The van der Waals surface area contributed by atoms with Gasteiger partial charge in [-0.15, -0.1) is 0 Å². The fraction of sp³-hybridized carbons (Fsp3) is 0.636. The largest absolute Gasteiger partial charge is 0.464 e. The Labute approximate surface area is 176 Å². The fourth-order valence-electron chi connectivity index (χ4n) is 4.98. The van der Waals surface area contributed by atoms with Gasteiger partial charge in [-0.3, -0.25) is 9.59 Å². The third-order valence-corrected chi connectivity index (χ3v) is 6.30. The van der Waals surface area contributed by atoms with Crippen LogP contribution in [0, 0.1) is 0 Å². The van der Waals surface area contributed by atoms with Crippen LogP contribution in [0.1, 0.15) is 52.4 Å². The van der Waals surface area contributed by atoms with E-state index < -0.39 is 11.1 Å². The smallest absolute Gasteiger partial charge is 0.332 e. The summed E-state index contributed by atoms with van der Waals surface area (Å²) in [6.45, 7) is 13.0. The van der Waals surface area contributed by atoms with E-state index in [-0.39, 0.29) is 23.8 Å². The Morgan fingerprint density at radius 3 is 1.53 bits per heavy atom. The number of hydrogen-bond donors (Lipinski definition) is 0. The second-order valence-corrected chi connectivity index (χ2v) is 8.32. The zero-order valence-electron chi connectivity index (χ0n) is 17.8. The van der Waals surface area contributed by atoms with Crippen molar-refractivity contribution in [2.45, 2.75) is 63.5 Å². The van der Waals surface area contributed by atoms with Gasteiger partial charge >= 0.3 is 11.9 Å². The molecule has 164 valence electrons. The first-order chi connectivity index (χ1) is 14.2. The van der Waals surface area contributed by atoms with E-state index in [0.29, 0.717) is 64.8 Å². The molecule has 0 unspecified atom stereocenters. The maximum Gasteiger partial charge on any atom is 0.332 e. The number of rotatable bonds is 4. The van der Waals surface area contributed by atoms with Crippen LogP contribution in [-0.2, 0) is 28.7 Å². The monoisotopic (exact) mass is 418 g/mol. The minimum absolute atomic E-state index is 0.0432. The summed E-state index contributed by atoms with van der Waals surface area (Å²) in [4.78, 5) is 50.2. The molecule has 4 saturated heterocycles. The molecule has 2 atom stereocenters. The van der Waals surface area contributed by atoms with Gasteiger partial charge in [0.25, 0.3) is 0 Å². The highest BCUT2D eigenvalue weighted by molar-refractivity contribution is 5.94. The van der Waals surface area contributed by atoms with Crippen molar-refractivity contribution < 1.29 is 28.7 Å². The Morgan fingerprint density at radius 1 is 0.833 bits per heavy atom. The normalized spacial score (nSPS) is 29.5. The van der Waals surface area contributed by atoms with Gasteiger partial charge < -0.3 is 19.3 Å². The summed E-state index contributed by atoms with van der Waals surface area (Å²) in [5.41, 5.74) is 0.446. The molecule has 4 fully saturated rings. The Hall–Kier alpha value is -2.64. The zero-order chi connectivity index (χ0) is 22.1. The van der Waals surface area contributed by atoms with Gasteiger partial charge in [-0.1, -0.05) is 24.3 Å². The molecule has 0 bridgehead atoms. The second kappa shape index (κ2) is 8.24. The lowest BCUT2D eigenvalue weighted by Crippen LogP contribution is -2.48. The van der Waals surface area contributed by atoms with E-state index in [9.17, 15) is 19.2 Å². The molecule has 4 heterocycles. The standard InChI is InChI=1S/2C11H15NO3/c2*1-3-15-10(14)11-5-4-9(13)12(11)7-8(2)6-11/h2*2-7H2,1H3/t2*11-/m10/s1. The molecule has 4 aliphatic heterocycles. The first kappa shape index (κ1) is 22.1. The minimum atomic E-state index is -0.718. The molecule has 4 aliphatic rings. The van der Waals surface area contributed by atoms with Gasteiger partial charge in [0.05, 0.1) is 13.2 Å². The van der Waals surface area contributed by atoms with Crippen molar-refractivity contribution in [3.8, 4) is 0 Å². The summed E-state index contributed by atoms with van der Waals surface area (Å²) in [6, 6.07) is 0. The van der Waals surface area contributed by atoms with Gasteiger partial charge in [0.2, 0.25) is 11.8 Å². The van der Waals surface area contributed by atoms with E-state index in [1.165, 1.54) is 0 Å². The predicted molar refractivity (Wildman–Crippen MR) is 108 cm³/mol. The molecule has 8 heteroatoms. The molecule has 8 nitrogen and oxygen atoms in total. The van der Waals surface area contributed by atoms with Crippen LogP contribution in [0.25, 0.3) is 0 Å². The molecule has 0 aromatic carbocycles. The SMILES string of the molecule is C=C1CN2C(=O)CC[C@@]2(C(=O)OCC)C1.C=C1CN2C(=O)CC[C@]2(C(=O)OCC)C1. The van der Waals surface area contributed by atoms with Crippen LogP contribution < -0.4 is 0 Å². The summed E-state index contributed by atoms with van der Waals surface area (Å²) in [5, 5.41) is 0. The third-order valence-electron chi connectivity index (χ3n) is 6.30. The lowest BCUT2D eigenvalue weighted by Gasteiger charge is -2.28. The number of ether oxygens (including phenoxy) is 2. The van der Waals surface area contributed by atoms with Gasteiger partial charge in [-0.25, -0.2) is 9.59 Å². The maximum atomic E-state index is 11.9. The number of carbonyl (C=O) groups excluding carboxylic acids is 4. The van der Waals surface area contributed by atoms with Crippen LogP contribution >= 0.6 is 0 Å².